The molecule has 0 fully saturated rings. The average molecular weight is 348 g/mol. The van der Waals surface area contributed by atoms with Crippen LogP contribution in [0.2, 0.25) is 0 Å². The van der Waals surface area contributed by atoms with E-state index in [1.165, 1.54) is 5.56 Å². The van der Waals surface area contributed by atoms with Gasteiger partial charge >= 0.3 is 0 Å². The lowest BCUT2D eigenvalue weighted by molar-refractivity contribution is 0.505. The van der Waals surface area contributed by atoms with Gasteiger partial charge in [-0.25, -0.2) is 0 Å². The second-order valence-electron chi connectivity index (χ2n) is 5.26. The summed E-state index contributed by atoms with van der Waals surface area (Å²) in [5.74, 6) is 0. The van der Waals surface area contributed by atoms with Gasteiger partial charge in [0.15, 0.2) is 0 Å². The Hall–Kier alpha value is -1.39. The van der Waals surface area contributed by atoms with Gasteiger partial charge in [0.2, 0.25) is 0 Å². The molecule has 0 saturated heterocycles. The first-order chi connectivity index (χ1) is 10.2. The number of nitrogens with zero attached hydrogens (tertiary/aromatic N) is 1. The van der Waals surface area contributed by atoms with E-state index in [1.54, 1.807) is 6.20 Å². The minimum atomic E-state index is 0.373. The second-order valence-corrected chi connectivity index (χ2v) is 6.18. The summed E-state index contributed by atoms with van der Waals surface area (Å²) in [6, 6.07) is 10.7. The fourth-order valence-electron chi connectivity index (χ4n) is 2.34. The summed E-state index contributed by atoms with van der Waals surface area (Å²) in [7, 11) is 0. The predicted octanol–water partition coefficient (Wildman–Crippen LogP) is 3.58. The van der Waals surface area contributed by atoms with Crippen molar-refractivity contribution in [2.45, 2.75) is 32.2 Å². The molecular formula is C17H22BrN3. The van der Waals surface area contributed by atoms with Crippen LogP contribution in [0.15, 0.2) is 47.2 Å². The van der Waals surface area contributed by atoms with Gasteiger partial charge in [-0.2, -0.15) is 0 Å². The molecule has 2 rings (SSSR count). The van der Waals surface area contributed by atoms with Gasteiger partial charge in [0.05, 0.1) is 0 Å². The molecule has 1 aromatic carbocycles. The van der Waals surface area contributed by atoms with Crippen molar-refractivity contribution in [1.82, 2.24) is 10.3 Å². The Bertz CT molecular complexity index is 554. The molecule has 4 heteroatoms. The van der Waals surface area contributed by atoms with Crippen LogP contribution in [0.25, 0.3) is 0 Å². The van der Waals surface area contributed by atoms with Crippen molar-refractivity contribution in [2.24, 2.45) is 0 Å². The smallest absolute Gasteiger partial charge is 0.0378 e. The number of benzene rings is 1. The molecule has 2 aromatic rings. The molecule has 0 saturated carbocycles. The van der Waals surface area contributed by atoms with Gasteiger partial charge in [-0.15, -0.1) is 0 Å². The summed E-state index contributed by atoms with van der Waals surface area (Å²) >= 11 is 3.48. The number of pyridine rings is 1. The van der Waals surface area contributed by atoms with E-state index in [0.29, 0.717) is 6.04 Å². The second kappa shape index (κ2) is 8.15. The van der Waals surface area contributed by atoms with Crippen molar-refractivity contribution in [3.63, 3.8) is 0 Å². The van der Waals surface area contributed by atoms with Crippen LogP contribution in [0.5, 0.6) is 0 Å². The molecule has 0 aliphatic heterocycles. The van der Waals surface area contributed by atoms with Crippen LogP contribution in [0.3, 0.4) is 0 Å². The summed E-state index contributed by atoms with van der Waals surface area (Å²) in [6.07, 6.45) is 6.62. The third kappa shape index (κ3) is 5.14. The molecule has 3 N–H and O–H groups in total. The highest BCUT2D eigenvalue weighted by Crippen LogP contribution is 2.16. The Morgan fingerprint density at radius 1 is 1.19 bits per heavy atom. The number of nitrogens with one attached hydrogen (secondary N) is 1. The normalized spacial score (nSPS) is 12.3. The number of halogens is 1. The Kier molecular flexibility index (Phi) is 6.21. The van der Waals surface area contributed by atoms with E-state index >= 15 is 0 Å². The molecule has 112 valence electrons. The summed E-state index contributed by atoms with van der Waals surface area (Å²) in [4.78, 5) is 4.18. The van der Waals surface area contributed by atoms with Crippen molar-refractivity contribution in [3.05, 3.63) is 58.3 Å². The van der Waals surface area contributed by atoms with Crippen LogP contribution in [0.4, 0.5) is 5.69 Å². The van der Waals surface area contributed by atoms with Crippen molar-refractivity contribution >= 4 is 21.6 Å². The Labute approximate surface area is 135 Å². The first-order valence-corrected chi connectivity index (χ1v) is 8.14. The molecule has 1 heterocycles. The largest absolute Gasteiger partial charge is 0.398 e. The predicted molar refractivity (Wildman–Crippen MR) is 92.3 cm³/mol. The van der Waals surface area contributed by atoms with Crippen molar-refractivity contribution in [3.8, 4) is 0 Å². The number of nitrogens with two attached hydrogens (primary N) is 1. The molecule has 0 spiro atoms. The van der Waals surface area contributed by atoms with E-state index in [2.05, 4.69) is 57.4 Å². The number of hydrogen-bond acceptors (Lipinski definition) is 3. The van der Waals surface area contributed by atoms with E-state index in [0.717, 1.165) is 41.5 Å². The highest BCUT2D eigenvalue weighted by molar-refractivity contribution is 9.10. The molecule has 1 atom stereocenters. The summed E-state index contributed by atoms with van der Waals surface area (Å²) in [5.41, 5.74) is 9.30. The van der Waals surface area contributed by atoms with Crippen molar-refractivity contribution in [1.29, 1.82) is 0 Å². The molecule has 0 bridgehead atoms. The van der Waals surface area contributed by atoms with E-state index in [1.807, 2.05) is 12.3 Å². The van der Waals surface area contributed by atoms with Crippen LogP contribution >= 0.6 is 15.9 Å². The van der Waals surface area contributed by atoms with Crippen LogP contribution in [-0.4, -0.2) is 17.6 Å². The SMILES string of the molecule is CCCNC(Cc1ccc(Br)cc1)Cc1cnccc1N. The Balaban J connectivity index is 2.07. The third-order valence-corrected chi connectivity index (χ3v) is 4.01. The highest BCUT2D eigenvalue weighted by atomic mass is 79.9. The maximum Gasteiger partial charge on any atom is 0.0378 e. The zero-order valence-electron chi connectivity index (χ0n) is 12.3. The average Bonchev–Trinajstić information content (AvgIpc) is 2.49. The Morgan fingerprint density at radius 2 is 1.95 bits per heavy atom. The number of nitrogen functional groups attached to an aromatic ring is 1. The van der Waals surface area contributed by atoms with Gasteiger partial charge in [0, 0.05) is 28.6 Å². The molecule has 21 heavy (non-hydrogen) atoms. The first-order valence-electron chi connectivity index (χ1n) is 7.35. The molecular weight excluding hydrogens is 326 g/mol. The number of aromatic nitrogens is 1. The highest BCUT2D eigenvalue weighted by Gasteiger charge is 2.12. The van der Waals surface area contributed by atoms with Crippen molar-refractivity contribution < 1.29 is 0 Å². The van der Waals surface area contributed by atoms with Gasteiger partial charge in [0.25, 0.3) is 0 Å². The summed E-state index contributed by atoms with van der Waals surface area (Å²) in [5, 5.41) is 3.61. The fraction of sp³-hybridized carbons (Fsp3) is 0.353. The number of hydrogen-bond donors (Lipinski definition) is 2. The molecule has 0 aliphatic carbocycles. The summed E-state index contributed by atoms with van der Waals surface area (Å²) < 4.78 is 1.11. The monoisotopic (exact) mass is 347 g/mol. The van der Waals surface area contributed by atoms with Crippen molar-refractivity contribution in [2.75, 3.05) is 12.3 Å². The molecule has 0 aliphatic rings. The minimum Gasteiger partial charge on any atom is -0.398 e. The third-order valence-electron chi connectivity index (χ3n) is 3.49. The number of anilines is 1. The van der Waals surface area contributed by atoms with E-state index in [-0.39, 0.29) is 0 Å². The topological polar surface area (TPSA) is 50.9 Å². The van der Waals surface area contributed by atoms with Gasteiger partial charge < -0.3 is 11.1 Å². The maximum atomic E-state index is 6.04. The number of rotatable bonds is 7. The molecule has 1 unspecified atom stereocenters. The maximum absolute atomic E-state index is 6.04. The van der Waals surface area contributed by atoms with Gasteiger partial charge in [-0.05, 0) is 55.1 Å². The molecule has 0 amide bonds. The lowest BCUT2D eigenvalue weighted by atomic mass is 9.99. The minimum absolute atomic E-state index is 0.373. The summed E-state index contributed by atoms with van der Waals surface area (Å²) in [6.45, 7) is 3.20. The van der Waals surface area contributed by atoms with Crippen LogP contribution in [0, 0.1) is 0 Å². The lowest BCUT2D eigenvalue weighted by Gasteiger charge is -2.19. The first kappa shape index (κ1) is 16.0. The van der Waals surface area contributed by atoms with E-state index in [9.17, 15) is 0 Å². The van der Waals surface area contributed by atoms with E-state index in [4.69, 9.17) is 5.73 Å². The van der Waals surface area contributed by atoms with Gasteiger partial charge in [0.1, 0.15) is 0 Å². The quantitative estimate of drug-likeness (QED) is 0.804. The van der Waals surface area contributed by atoms with Gasteiger partial charge in [-0.3, -0.25) is 4.98 Å². The van der Waals surface area contributed by atoms with E-state index < -0.39 is 0 Å². The lowest BCUT2D eigenvalue weighted by Crippen LogP contribution is -2.34. The van der Waals surface area contributed by atoms with Crippen LogP contribution < -0.4 is 11.1 Å². The molecule has 0 radical (unpaired) electrons. The molecule has 3 nitrogen and oxygen atoms in total. The standard InChI is InChI=1S/C17H22BrN3/c1-2-8-21-16(10-13-3-5-15(18)6-4-13)11-14-12-20-9-7-17(14)19/h3-7,9,12,16,21H,2,8,10-11H2,1H3,(H2,19,20). The fourth-order valence-corrected chi connectivity index (χ4v) is 2.61. The van der Waals surface area contributed by atoms with Crippen LogP contribution in [-0.2, 0) is 12.8 Å². The molecule has 1 aromatic heterocycles. The van der Waals surface area contributed by atoms with Gasteiger partial charge in [-0.1, -0.05) is 35.0 Å². The zero-order valence-corrected chi connectivity index (χ0v) is 13.9. The van der Waals surface area contributed by atoms with Crippen LogP contribution in [0.1, 0.15) is 24.5 Å². The Morgan fingerprint density at radius 3 is 2.62 bits per heavy atom. The zero-order chi connectivity index (χ0) is 15.1.